The number of aromatic nitrogens is 2. The number of nitrogens with zero attached hydrogens (tertiary/aromatic N) is 1. The molecule has 1 aliphatic rings. The van der Waals surface area contributed by atoms with E-state index in [1.165, 1.54) is 23.9 Å². The summed E-state index contributed by atoms with van der Waals surface area (Å²) >= 11 is 1.34. The van der Waals surface area contributed by atoms with E-state index in [-0.39, 0.29) is 17.8 Å². The number of rotatable bonds is 6. The van der Waals surface area contributed by atoms with E-state index < -0.39 is 0 Å². The molecule has 2 aromatic rings. The van der Waals surface area contributed by atoms with Crippen molar-refractivity contribution in [3.05, 3.63) is 36.3 Å². The van der Waals surface area contributed by atoms with Crippen molar-refractivity contribution in [1.82, 2.24) is 15.3 Å². The molecule has 0 unspecified atom stereocenters. The van der Waals surface area contributed by atoms with Gasteiger partial charge >= 0.3 is 0 Å². The lowest BCUT2D eigenvalue weighted by Crippen LogP contribution is -2.32. The lowest BCUT2D eigenvalue weighted by Gasteiger charge is -2.10. The molecule has 3 rings (SSSR count). The fraction of sp³-hybridized carbons (Fsp3) is 0.375. The van der Waals surface area contributed by atoms with Crippen LogP contribution in [0.25, 0.3) is 11.3 Å². The van der Waals surface area contributed by atoms with Crippen LogP contribution in [-0.4, -0.2) is 40.9 Å². The molecular weight excluding hydrogens is 317 g/mol. The first kappa shape index (κ1) is 16.0. The van der Waals surface area contributed by atoms with Gasteiger partial charge in [0.2, 0.25) is 5.91 Å². The Bertz CT molecular complexity index is 654. The molecule has 0 bridgehead atoms. The highest BCUT2D eigenvalue weighted by Crippen LogP contribution is 2.21. The molecule has 122 valence electrons. The van der Waals surface area contributed by atoms with Crippen LogP contribution in [-0.2, 0) is 9.53 Å². The fourth-order valence-electron chi connectivity index (χ4n) is 2.37. The average molecular weight is 335 g/mol. The summed E-state index contributed by atoms with van der Waals surface area (Å²) in [6, 6.07) is 6.18. The Morgan fingerprint density at radius 2 is 2.26 bits per heavy atom. The fourth-order valence-corrected chi connectivity index (χ4v) is 3.05. The normalized spacial score (nSPS) is 17.3. The monoisotopic (exact) mass is 335 g/mol. The van der Waals surface area contributed by atoms with E-state index in [2.05, 4.69) is 15.3 Å². The van der Waals surface area contributed by atoms with Crippen molar-refractivity contribution in [1.29, 1.82) is 0 Å². The number of nitrogens with one attached hydrogen (secondary N) is 2. The quantitative estimate of drug-likeness (QED) is 0.797. The number of imidazole rings is 1. The van der Waals surface area contributed by atoms with Crippen molar-refractivity contribution < 1.29 is 13.9 Å². The SMILES string of the molecule is O=C(CSc1ncc(-c2ccc(F)cc2)[nH]1)NC[C@@H]1CCCO1. The summed E-state index contributed by atoms with van der Waals surface area (Å²) in [5.41, 5.74) is 1.65. The summed E-state index contributed by atoms with van der Waals surface area (Å²) in [4.78, 5) is 19.2. The zero-order chi connectivity index (χ0) is 16.1. The highest BCUT2D eigenvalue weighted by atomic mass is 32.2. The van der Waals surface area contributed by atoms with Crippen LogP contribution >= 0.6 is 11.8 Å². The first-order valence-electron chi connectivity index (χ1n) is 7.53. The smallest absolute Gasteiger partial charge is 0.230 e. The number of hydrogen-bond acceptors (Lipinski definition) is 4. The van der Waals surface area contributed by atoms with Gasteiger partial charge in [0.15, 0.2) is 5.16 Å². The topological polar surface area (TPSA) is 67.0 Å². The molecule has 2 N–H and O–H groups in total. The van der Waals surface area contributed by atoms with Crippen molar-refractivity contribution in [3.63, 3.8) is 0 Å². The van der Waals surface area contributed by atoms with Gasteiger partial charge in [-0.05, 0) is 42.7 Å². The Morgan fingerprint density at radius 1 is 1.43 bits per heavy atom. The Hall–Kier alpha value is -1.86. The van der Waals surface area contributed by atoms with Gasteiger partial charge in [-0.15, -0.1) is 0 Å². The maximum atomic E-state index is 12.9. The molecule has 1 aromatic carbocycles. The van der Waals surface area contributed by atoms with E-state index >= 15 is 0 Å². The van der Waals surface area contributed by atoms with Gasteiger partial charge in [-0.3, -0.25) is 4.79 Å². The molecule has 0 radical (unpaired) electrons. The predicted molar refractivity (Wildman–Crippen MR) is 86.7 cm³/mol. The van der Waals surface area contributed by atoms with Gasteiger partial charge in [-0.25, -0.2) is 9.37 Å². The molecule has 1 fully saturated rings. The Morgan fingerprint density at radius 3 is 3.00 bits per heavy atom. The molecular formula is C16H18FN3O2S. The standard InChI is InChI=1S/C16H18FN3O2S/c17-12-5-3-11(4-6-12)14-9-19-16(20-14)23-10-15(21)18-8-13-2-1-7-22-13/h3-6,9,13H,1-2,7-8,10H2,(H,18,21)(H,19,20)/t13-/m0/s1. The molecule has 0 spiro atoms. The van der Waals surface area contributed by atoms with Crippen LogP contribution in [0.4, 0.5) is 4.39 Å². The van der Waals surface area contributed by atoms with Crippen molar-refractivity contribution in [2.45, 2.75) is 24.1 Å². The third-order valence-electron chi connectivity index (χ3n) is 3.60. The second-order valence-electron chi connectivity index (χ2n) is 5.34. The van der Waals surface area contributed by atoms with Gasteiger partial charge in [0, 0.05) is 13.2 Å². The summed E-state index contributed by atoms with van der Waals surface area (Å²) < 4.78 is 18.4. The molecule has 1 aromatic heterocycles. The maximum Gasteiger partial charge on any atom is 0.230 e. The number of H-pyrrole nitrogens is 1. The van der Waals surface area contributed by atoms with Gasteiger partial charge in [0.05, 0.1) is 23.7 Å². The van der Waals surface area contributed by atoms with Crippen LogP contribution in [0, 0.1) is 5.82 Å². The first-order valence-corrected chi connectivity index (χ1v) is 8.51. The van der Waals surface area contributed by atoms with Gasteiger partial charge in [-0.1, -0.05) is 11.8 Å². The van der Waals surface area contributed by atoms with Crippen LogP contribution in [0.1, 0.15) is 12.8 Å². The third-order valence-corrected chi connectivity index (χ3v) is 4.49. The molecule has 0 aliphatic carbocycles. The molecule has 1 atom stereocenters. The number of thioether (sulfide) groups is 1. The second-order valence-corrected chi connectivity index (χ2v) is 6.30. The number of halogens is 1. The number of aromatic amines is 1. The van der Waals surface area contributed by atoms with Crippen LogP contribution in [0.15, 0.2) is 35.6 Å². The predicted octanol–water partition coefficient (Wildman–Crippen LogP) is 2.60. The highest BCUT2D eigenvalue weighted by Gasteiger charge is 2.16. The number of carbonyl (C=O) groups excluding carboxylic acids is 1. The Labute approximate surface area is 138 Å². The van der Waals surface area contributed by atoms with Crippen LogP contribution < -0.4 is 5.32 Å². The van der Waals surface area contributed by atoms with Crippen molar-refractivity contribution in [2.75, 3.05) is 18.9 Å². The molecule has 1 amide bonds. The molecule has 2 heterocycles. The van der Waals surface area contributed by atoms with Crippen LogP contribution in [0.3, 0.4) is 0 Å². The summed E-state index contributed by atoms with van der Waals surface area (Å²) in [5, 5.41) is 3.53. The van der Waals surface area contributed by atoms with E-state index in [1.54, 1.807) is 18.3 Å². The van der Waals surface area contributed by atoms with Crippen LogP contribution in [0.2, 0.25) is 0 Å². The van der Waals surface area contributed by atoms with Crippen molar-refractivity contribution in [3.8, 4) is 11.3 Å². The number of benzene rings is 1. The first-order chi connectivity index (χ1) is 11.2. The van der Waals surface area contributed by atoms with Gasteiger partial charge < -0.3 is 15.0 Å². The van der Waals surface area contributed by atoms with Crippen molar-refractivity contribution >= 4 is 17.7 Å². The van der Waals surface area contributed by atoms with Crippen molar-refractivity contribution in [2.24, 2.45) is 0 Å². The van der Waals surface area contributed by atoms with E-state index in [0.29, 0.717) is 17.5 Å². The zero-order valence-electron chi connectivity index (χ0n) is 12.5. The number of ether oxygens (including phenoxy) is 1. The van der Waals surface area contributed by atoms with E-state index in [4.69, 9.17) is 4.74 Å². The van der Waals surface area contributed by atoms with E-state index in [1.807, 2.05) is 0 Å². The summed E-state index contributed by atoms with van der Waals surface area (Å²) in [6.45, 7) is 1.35. The second kappa shape index (κ2) is 7.61. The summed E-state index contributed by atoms with van der Waals surface area (Å²) in [7, 11) is 0. The van der Waals surface area contributed by atoms with E-state index in [9.17, 15) is 9.18 Å². The summed E-state index contributed by atoms with van der Waals surface area (Å²) in [6.07, 6.45) is 3.90. The molecule has 0 saturated carbocycles. The molecule has 1 aliphatic heterocycles. The largest absolute Gasteiger partial charge is 0.376 e. The van der Waals surface area contributed by atoms with Gasteiger partial charge in [0.1, 0.15) is 5.82 Å². The third kappa shape index (κ3) is 4.56. The number of amides is 1. The van der Waals surface area contributed by atoms with Crippen LogP contribution in [0.5, 0.6) is 0 Å². The minimum atomic E-state index is -0.272. The molecule has 7 heteroatoms. The lowest BCUT2D eigenvalue weighted by molar-refractivity contribution is -0.119. The summed E-state index contributed by atoms with van der Waals surface area (Å²) in [5.74, 6) is -0.0145. The highest BCUT2D eigenvalue weighted by molar-refractivity contribution is 7.99. The minimum absolute atomic E-state index is 0.0368. The number of hydrogen-bond donors (Lipinski definition) is 2. The minimum Gasteiger partial charge on any atom is -0.376 e. The lowest BCUT2D eigenvalue weighted by atomic mass is 10.2. The Balaban J connectivity index is 1.47. The van der Waals surface area contributed by atoms with Gasteiger partial charge in [0.25, 0.3) is 0 Å². The van der Waals surface area contributed by atoms with E-state index in [0.717, 1.165) is 30.7 Å². The Kier molecular flexibility index (Phi) is 5.30. The van der Waals surface area contributed by atoms with Gasteiger partial charge in [-0.2, -0.15) is 0 Å². The molecule has 5 nitrogen and oxygen atoms in total. The average Bonchev–Trinajstić information content (AvgIpc) is 3.23. The zero-order valence-corrected chi connectivity index (χ0v) is 13.4. The maximum absolute atomic E-state index is 12.9. The molecule has 23 heavy (non-hydrogen) atoms. The molecule has 1 saturated heterocycles. The number of carbonyl (C=O) groups is 1.